The van der Waals surface area contributed by atoms with Crippen LogP contribution in [0.15, 0.2) is 0 Å². The van der Waals surface area contributed by atoms with Gasteiger partial charge in [0.1, 0.15) is 0 Å². The van der Waals surface area contributed by atoms with E-state index >= 15 is 0 Å². The summed E-state index contributed by atoms with van der Waals surface area (Å²) in [6.07, 6.45) is 4.65. The molecular weight excluding hydrogens is 212 g/mol. The van der Waals surface area contributed by atoms with Crippen molar-refractivity contribution in [3.63, 3.8) is 0 Å². The lowest BCUT2D eigenvalue weighted by Crippen LogP contribution is -2.38. The van der Waals surface area contributed by atoms with Crippen molar-refractivity contribution < 1.29 is 8.42 Å². The lowest BCUT2D eigenvalue weighted by atomic mass is 9.97. The molecule has 15 heavy (non-hydrogen) atoms. The lowest BCUT2D eigenvalue weighted by Gasteiger charge is -2.31. The minimum absolute atomic E-state index is 0.521. The number of rotatable bonds is 5. The third-order valence-electron chi connectivity index (χ3n) is 2.88. The highest BCUT2D eigenvalue weighted by molar-refractivity contribution is 7.88. The third-order valence-corrected chi connectivity index (χ3v) is 3.57. The van der Waals surface area contributed by atoms with E-state index in [2.05, 4.69) is 16.5 Å². The predicted octanol–water partition coefficient (Wildman–Crippen LogP) is 0.658. The molecule has 90 valence electrons. The van der Waals surface area contributed by atoms with Crippen LogP contribution in [0.4, 0.5) is 0 Å². The number of nitrogens with zero attached hydrogens (tertiary/aromatic N) is 1. The van der Waals surface area contributed by atoms with Gasteiger partial charge in [0.25, 0.3) is 0 Å². The zero-order valence-electron chi connectivity index (χ0n) is 9.70. The molecule has 0 aromatic rings. The largest absolute Gasteiger partial charge is 0.303 e. The van der Waals surface area contributed by atoms with Crippen LogP contribution in [0.1, 0.15) is 26.2 Å². The summed E-state index contributed by atoms with van der Waals surface area (Å²) in [5.41, 5.74) is 0. The Kier molecular flexibility index (Phi) is 5.02. The van der Waals surface area contributed by atoms with E-state index in [9.17, 15) is 8.42 Å². The summed E-state index contributed by atoms with van der Waals surface area (Å²) >= 11 is 0. The molecule has 0 bridgehead atoms. The predicted molar refractivity (Wildman–Crippen MR) is 62.3 cm³/mol. The van der Waals surface area contributed by atoms with Crippen LogP contribution in [0.2, 0.25) is 0 Å². The average molecular weight is 234 g/mol. The second-order valence-electron chi connectivity index (χ2n) is 4.41. The van der Waals surface area contributed by atoms with Gasteiger partial charge in [0.05, 0.1) is 6.26 Å². The molecule has 0 aromatic carbocycles. The normalized spacial score (nSPS) is 20.7. The molecule has 0 atom stereocenters. The summed E-state index contributed by atoms with van der Waals surface area (Å²) in [6.45, 7) is 6.20. The van der Waals surface area contributed by atoms with Crippen molar-refractivity contribution in [1.82, 2.24) is 9.62 Å². The van der Waals surface area contributed by atoms with E-state index in [1.165, 1.54) is 19.2 Å². The summed E-state index contributed by atoms with van der Waals surface area (Å²) in [5, 5.41) is 0. The minimum Gasteiger partial charge on any atom is -0.303 e. The van der Waals surface area contributed by atoms with Gasteiger partial charge in [-0.15, -0.1) is 0 Å². The Bertz CT molecular complexity index is 269. The van der Waals surface area contributed by atoms with E-state index in [4.69, 9.17) is 0 Å². The average Bonchev–Trinajstić information content (AvgIpc) is 2.16. The first-order valence-corrected chi connectivity index (χ1v) is 7.57. The molecule has 0 radical (unpaired) electrons. The number of hydrogen-bond acceptors (Lipinski definition) is 3. The minimum atomic E-state index is -3.01. The first kappa shape index (κ1) is 12.9. The number of sulfonamides is 1. The lowest BCUT2D eigenvalue weighted by molar-refractivity contribution is 0.186. The fourth-order valence-corrected chi connectivity index (χ4v) is 2.54. The van der Waals surface area contributed by atoms with Crippen LogP contribution < -0.4 is 4.72 Å². The molecule has 5 heteroatoms. The third kappa shape index (κ3) is 5.49. The molecular formula is C10H22N2O2S. The van der Waals surface area contributed by atoms with Crippen molar-refractivity contribution in [3.8, 4) is 0 Å². The van der Waals surface area contributed by atoms with Gasteiger partial charge in [0.2, 0.25) is 10.0 Å². The van der Waals surface area contributed by atoms with Gasteiger partial charge < -0.3 is 4.90 Å². The molecule has 0 unspecified atom stereocenters. The molecule has 1 fully saturated rings. The van der Waals surface area contributed by atoms with E-state index in [1.807, 2.05) is 0 Å². The fraction of sp³-hybridized carbons (Fsp3) is 1.00. The van der Waals surface area contributed by atoms with Gasteiger partial charge in [0.15, 0.2) is 0 Å². The molecule has 1 heterocycles. The van der Waals surface area contributed by atoms with Gasteiger partial charge in [-0.1, -0.05) is 6.92 Å². The highest BCUT2D eigenvalue weighted by atomic mass is 32.2. The van der Waals surface area contributed by atoms with Crippen LogP contribution in [-0.4, -0.2) is 45.8 Å². The first-order chi connectivity index (χ1) is 7.01. The monoisotopic (exact) mass is 234 g/mol. The van der Waals surface area contributed by atoms with Gasteiger partial charge >= 0.3 is 0 Å². The van der Waals surface area contributed by atoms with Gasteiger partial charge in [-0.05, 0) is 44.8 Å². The van der Waals surface area contributed by atoms with Crippen LogP contribution in [0.3, 0.4) is 0 Å². The zero-order chi connectivity index (χ0) is 11.3. The van der Waals surface area contributed by atoms with Crippen LogP contribution in [0.25, 0.3) is 0 Å². The number of piperidine rings is 1. The first-order valence-electron chi connectivity index (χ1n) is 5.68. The van der Waals surface area contributed by atoms with E-state index in [-0.39, 0.29) is 0 Å². The van der Waals surface area contributed by atoms with Crippen molar-refractivity contribution >= 4 is 10.0 Å². The van der Waals surface area contributed by atoms with Gasteiger partial charge in [0, 0.05) is 6.54 Å². The van der Waals surface area contributed by atoms with Crippen molar-refractivity contribution in [2.24, 2.45) is 5.92 Å². The van der Waals surface area contributed by atoms with Gasteiger partial charge in [-0.3, -0.25) is 0 Å². The van der Waals surface area contributed by atoms with Crippen LogP contribution >= 0.6 is 0 Å². The van der Waals surface area contributed by atoms with Gasteiger partial charge in [-0.25, -0.2) is 13.1 Å². The fourth-order valence-electron chi connectivity index (χ4n) is 2.00. The maximum absolute atomic E-state index is 10.9. The topological polar surface area (TPSA) is 49.4 Å². The van der Waals surface area contributed by atoms with Crippen molar-refractivity contribution in [3.05, 3.63) is 0 Å². The van der Waals surface area contributed by atoms with Crippen molar-refractivity contribution in [2.75, 3.05) is 32.4 Å². The Morgan fingerprint density at radius 1 is 1.33 bits per heavy atom. The zero-order valence-corrected chi connectivity index (χ0v) is 10.5. The molecule has 1 rings (SSSR count). The summed E-state index contributed by atoms with van der Waals surface area (Å²) in [4.78, 5) is 2.46. The molecule has 1 N–H and O–H groups in total. The molecule has 0 saturated carbocycles. The number of nitrogens with one attached hydrogen (secondary N) is 1. The SMILES string of the molecule is CCCN1CCC(CNS(C)(=O)=O)CC1. The van der Waals surface area contributed by atoms with E-state index in [0.717, 1.165) is 25.9 Å². The highest BCUT2D eigenvalue weighted by Gasteiger charge is 2.19. The van der Waals surface area contributed by atoms with Gasteiger partial charge in [-0.2, -0.15) is 0 Å². The standard InChI is InChI=1S/C10H22N2O2S/c1-3-6-12-7-4-10(5-8-12)9-11-15(2,13)14/h10-11H,3-9H2,1-2H3. The van der Waals surface area contributed by atoms with Crippen molar-refractivity contribution in [2.45, 2.75) is 26.2 Å². The van der Waals surface area contributed by atoms with E-state index in [0.29, 0.717) is 12.5 Å². The highest BCUT2D eigenvalue weighted by Crippen LogP contribution is 2.16. The molecule has 1 saturated heterocycles. The summed E-state index contributed by atoms with van der Waals surface area (Å²) in [6, 6.07) is 0. The number of hydrogen-bond donors (Lipinski definition) is 1. The Morgan fingerprint density at radius 3 is 2.40 bits per heavy atom. The molecule has 4 nitrogen and oxygen atoms in total. The Labute approximate surface area is 93.1 Å². The summed E-state index contributed by atoms with van der Waals surface area (Å²) in [7, 11) is -3.01. The van der Waals surface area contributed by atoms with Crippen LogP contribution in [0.5, 0.6) is 0 Å². The maximum atomic E-state index is 10.9. The second kappa shape index (κ2) is 5.82. The Hall–Kier alpha value is -0.130. The van der Waals surface area contributed by atoms with Crippen molar-refractivity contribution in [1.29, 1.82) is 0 Å². The maximum Gasteiger partial charge on any atom is 0.208 e. The molecule has 0 aromatic heterocycles. The van der Waals surface area contributed by atoms with Crippen LogP contribution in [0, 0.1) is 5.92 Å². The van der Waals surface area contributed by atoms with E-state index in [1.54, 1.807) is 0 Å². The molecule has 0 spiro atoms. The summed E-state index contributed by atoms with van der Waals surface area (Å²) < 4.78 is 24.4. The molecule has 1 aliphatic rings. The molecule has 0 aliphatic carbocycles. The number of likely N-dealkylation sites (tertiary alicyclic amines) is 1. The molecule has 0 amide bonds. The quantitative estimate of drug-likeness (QED) is 0.760. The Morgan fingerprint density at radius 2 is 1.93 bits per heavy atom. The second-order valence-corrected chi connectivity index (χ2v) is 6.24. The Balaban J connectivity index is 2.20. The smallest absolute Gasteiger partial charge is 0.208 e. The van der Waals surface area contributed by atoms with Crippen LogP contribution in [-0.2, 0) is 10.0 Å². The van der Waals surface area contributed by atoms with E-state index < -0.39 is 10.0 Å². The summed E-state index contributed by atoms with van der Waals surface area (Å²) in [5.74, 6) is 0.521. The molecule has 1 aliphatic heterocycles.